The number of hydrogen-bond donors (Lipinski definition) is 1. The molecular formula is C16H24N4OS. The molecule has 2 aliphatic heterocycles. The predicted octanol–water partition coefficient (Wildman–Crippen LogP) is 2.89. The van der Waals surface area contributed by atoms with Crippen LogP contribution >= 0.6 is 11.8 Å². The summed E-state index contributed by atoms with van der Waals surface area (Å²) in [6.45, 7) is 3.77. The summed E-state index contributed by atoms with van der Waals surface area (Å²) in [5, 5.41) is 3.97. The number of urea groups is 1. The lowest BCUT2D eigenvalue weighted by molar-refractivity contribution is 0.200. The van der Waals surface area contributed by atoms with E-state index in [2.05, 4.69) is 29.2 Å². The molecule has 0 spiro atoms. The standard InChI is InChI=1S/C16H24N4OS/c1-3-22-15-7-4-12(10-17-15)18-16(21)20-9-8-13-5-6-14(11-20)19(13)2/h4,7,10,13-14H,3,5-6,8-9,11H2,1-2H3,(H,18,21)/t13-,14+/m1/s1. The Bertz CT molecular complexity index is 521. The molecule has 0 radical (unpaired) electrons. The lowest BCUT2D eigenvalue weighted by Crippen LogP contribution is -2.41. The second kappa shape index (κ2) is 6.87. The van der Waals surface area contributed by atoms with Crippen LogP contribution in [0.25, 0.3) is 0 Å². The zero-order chi connectivity index (χ0) is 15.5. The van der Waals surface area contributed by atoms with Crippen molar-refractivity contribution in [2.45, 2.75) is 43.3 Å². The molecule has 0 aromatic carbocycles. The van der Waals surface area contributed by atoms with Crippen LogP contribution in [0.1, 0.15) is 26.2 Å². The Morgan fingerprint density at radius 1 is 1.36 bits per heavy atom. The fraction of sp³-hybridized carbons (Fsp3) is 0.625. The predicted molar refractivity (Wildman–Crippen MR) is 90.4 cm³/mol. The van der Waals surface area contributed by atoms with E-state index in [0.717, 1.165) is 36.0 Å². The lowest BCUT2D eigenvalue weighted by atomic mass is 10.1. The van der Waals surface area contributed by atoms with Crippen LogP contribution in [0.3, 0.4) is 0 Å². The van der Waals surface area contributed by atoms with Gasteiger partial charge in [0.25, 0.3) is 0 Å². The number of likely N-dealkylation sites (N-methyl/N-ethyl adjacent to an activating group) is 1. The Kier molecular flexibility index (Phi) is 4.88. The summed E-state index contributed by atoms with van der Waals surface area (Å²) in [5.41, 5.74) is 0.771. The van der Waals surface area contributed by atoms with E-state index >= 15 is 0 Å². The molecule has 3 rings (SSSR count). The van der Waals surface area contributed by atoms with Gasteiger partial charge >= 0.3 is 6.03 Å². The highest BCUT2D eigenvalue weighted by molar-refractivity contribution is 7.99. The number of anilines is 1. The number of nitrogens with zero attached hydrogens (tertiary/aromatic N) is 3. The van der Waals surface area contributed by atoms with E-state index in [0.29, 0.717) is 12.1 Å². The first-order chi connectivity index (χ1) is 10.7. The average molecular weight is 320 g/mol. The van der Waals surface area contributed by atoms with E-state index in [9.17, 15) is 4.79 Å². The third kappa shape index (κ3) is 3.38. The van der Waals surface area contributed by atoms with Crippen LogP contribution < -0.4 is 5.32 Å². The third-order valence-corrected chi connectivity index (χ3v) is 5.54. The largest absolute Gasteiger partial charge is 0.323 e. The van der Waals surface area contributed by atoms with E-state index in [1.807, 2.05) is 17.0 Å². The number of thioether (sulfide) groups is 1. The van der Waals surface area contributed by atoms with Crippen molar-refractivity contribution < 1.29 is 4.79 Å². The number of rotatable bonds is 3. The summed E-state index contributed by atoms with van der Waals surface area (Å²) in [7, 11) is 2.19. The molecule has 1 aromatic rings. The van der Waals surface area contributed by atoms with Gasteiger partial charge in [0, 0.05) is 25.2 Å². The van der Waals surface area contributed by atoms with Crippen molar-refractivity contribution in [3.63, 3.8) is 0 Å². The molecule has 2 atom stereocenters. The highest BCUT2D eigenvalue weighted by Gasteiger charge is 2.35. The summed E-state index contributed by atoms with van der Waals surface area (Å²) in [6.07, 6.45) is 5.29. The average Bonchev–Trinajstić information content (AvgIpc) is 2.74. The van der Waals surface area contributed by atoms with Gasteiger partial charge in [0.1, 0.15) is 0 Å². The second-order valence-corrected chi connectivity index (χ2v) is 7.32. The maximum absolute atomic E-state index is 12.5. The van der Waals surface area contributed by atoms with Gasteiger partial charge in [-0.3, -0.25) is 4.90 Å². The SMILES string of the molecule is CCSc1ccc(NC(=O)N2CC[C@H]3CC[C@@H](C2)N3C)cn1. The van der Waals surface area contributed by atoms with Crippen molar-refractivity contribution in [2.75, 3.05) is 31.2 Å². The van der Waals surface area contributed by atoms with Crippen LogP contribution in [-0.4, -0.2) is 58.8 Å². The van der Waals surface area contributed by atoms with Gasteiger partial charge in [-0.05, 0) is 44.2 Å². The summed E-state index contributed by atoms with van der Waals surface area (Å²) < 4.78 is 0. The van der Waals surface area contributed by atoms with Gasteiger partial charge in [-0.1, -0.05) is 6.92 Å². The number of pyridine rings is 1. The second-order valence-electron chi connectivity index (χ2n) is 6.03. The van der Waals surface area contributed by atoms with Gasteiger partial charge in [0.2, 0.25) is 0 Å². The molecule has 22 heavy (non-hydrogen) atoms. The zero-order valence-corrected chi connectivity index (χ0v) is 14.1. The highest BCUT2D eigenvalue weighted by Crippen LogP contribution is 2.28. The zero-order valence-electron chi connectivity index (χ0n) is 13.3. The van der Waals surface area contributed by atoms with Crippen LogP contribution in [-0.2, 0) is 0 Å². The van der Waals surface area contributed by atoms with Gasteiger partial charge < -0.3 is 10.2 Å². The molecule has 2 fully saturated rings. The monoisotopic (exact) mass is 320 g/mol. The van der Waals surface area contributed by atoms with Gasteiger partial charge in [0.15, 0.2) is 0 Å². The third-order valence-electron chi connectivity index (χ3n) is 4.72. The van der Waals surface area contributed by atoms with E-state index in [-0.39, 0.29) is 6.03 Å². The fourth-order valence-electron chi connectivity index (χ4n) is 3.38. The molecule has 2 saturated heterocycles. The summed E-state index contributed by atoms with van der Waals surface area (Å²) >= 11 is 1.70. The van der Waals surface area contributed by atoms with Crippen molar-refractivity contribution in [3.8, 4) is 0 Å². The minimum Gasteiger partial charge on any atom is -0.323 e. The first-order valence-electron chi connectivity index (χ1n) is 8.04. The van der Waals surface area contributed by atoms with E-state index < -0.39 is 0 Å². The number of carbonyl (C=O) groups is 1. The van der Waals surface area contributed by atoms with Crippen molar-refractivity contribution >= 4 is 23.5 Å². The number of carbonyl (C=O) groups excluding carboxylic acids is 1. The minimum atomic E-state index is -0.00126. The molecule has 5 nitrogen and oxygen atoms in total. The number of fused-ring (bicyclic) bond motifs is 2. The normalized spacial score (nSPS) is 25.1. The van der Waals surface area contributed by atoms with Gasteiger partial charge in [-0.2, -0.15) is 0 Å². The van der Waals surface area contributed by atoms with E-state index in [1.165, 1.54) is 12.8 Å². The van der Waals surface area contributed by atoms with E-state index in [4.69, 9.17) is 0 Å². The molecule has 1 N–H and O–H groups in total. The maximum atomic E-state index is 12.5. The van der Waals surface area contributed by atoms with Gasteiger partial charge in [-0.25, -0.2) is 9.78 Å². The number of hydrogen-bond acceptors (Lipinski definition) is 4. The van der Waals surface area contributed by atoms with Crippen molar-refractivity contribution in [3.05, 3.63) is 18.3 Å². The summed E-state index contributed by atoms with van der Waals surface area (Å²) in [4.78, 5) is 21.2. The molecule has 0 aliphatic carbocycles. The minimum absolute atomic E-state index is 0.00126. The molecule has 2 aliphatic rings. The molecule has 3 heterocycles. The van der Waals surface area contributed by atoms with Crippen molar-refractivity contribution in [1.29, 1.82) is 0 Å². The Labute approximate surface area is 136 Å². The molecule has 1 aromatic heterocycles. The fourth-order valence-corrected chi connectivity index (χ4v) is 3.97. The van der Waals surface area contributed by atoms with Crippen molar-refractivity contribution in [2.24, 2.45) is 0 Å². The molecule has 2 amide bonds. The smallest absolute Gasteiger partial charge is 0.321 e. The Morgan fingerprint density at radius 3 is 2.91 bits per heavy atom. The van der Waals surface area contributed by atoms with Crippen LogP contribution in [0.2, 0.25) is 0 Å². The lowest BCUT2D eigenvalue weighted by Gasteiger charge is -2.26. The topological polar surface area (TPSA) is 48.5 Å². The first-order valence-corrected chi connectivity index (χ1v) is 9.02. The van der Waals surface area contributed by atoms with Gasteiger partial charge in [0.05, 0.1) is 16.9 Å². The Balaban J connectivity index is 1.59. The number of aromatic nitrogens is 1. The molecule has 2 bridgehead atoms. The van der Waals surface area contributed by atoms with Gasteiger partial charge in [-0.15, -0.1) is 11.8 Å². The maximum Gasteiger partial charge on any atom is 0.321 e. The molecule has 120 valence electrons. The highest BCUT2D eigenvalue weighted by atomic mass is 32.2. The number of amides is 2. The van der Waals surface area contributed by atoms with Crippen molar-refractivity contribution in [1.82, 2.24) is 14.8 Å². The first kappa shape index (κ1) is 15.6. The quantitative estimate of drug-likeness (QED) is 0.870. The summed E-state index contributed by atoms with van der Waals surface area (Å²) in [6, 6.07) is 5.05. The van der Waals surface area contributed by atoms with Crippen LogP contribution in [0.15, 0.2) is 23.4 Å². The van der Waals surface area contributed by atoms with Crippen LogP contribution in [0.5, 0.6) is 0 Å². The Hall–Kier alpha value is -1.27. The molecule has 6 heteroatoms. The number of likely N-dealkylation sites (tertiary alicyclic amines) is 1. The molecule has 0 unspecified atom stereocenters. The molecule has 0 saturated carbocycles. The van der Waals surface area contributed by atoms with Crippen LogP contribution in [0, 0.1) is 0 Å². The molecular weight excluding hydrogens is 296 g/mol. The number of nitrogens with one attached hydrogen (secondary N) is 1. The van der Waals surface area contributed by atoms with E-state index in [1.54, 1.807) is 18.0 Å². The Morgan fingerprint density at radius 2 is 2.18 bits per heavy atom. The summed E-state index contributed by atoms with van der Waals surface area (Å²) in [5.74, 6) is 1.00. The van der Waals surface area contributed by atoms with Crippen LogP contribution in [0.4, 0.5) is 10.5 Å².